The average Bonchev–Trinajstić information content (AvgIpc) is 2.88. The quantitative estimate of drug-likeness (QED) is 0.871. The van der Waals surface area contributed by atoms with Crippen LogP contribution in [-0.4, -0.2) is 37.6 Å². The Labute approximate surface area is 112 Å². The maximum absolute atomic E-state index is 12.0. The van der Waals surface area contributed by atoms with E-state index in [4.69, 9.17) is 9.56 Å². The molecular weight excluding hydrogens is 268 g/mol. The number of piperidine rings is 1. The average molecular weight is 286 g/mol. The second kappa shape index (κ2) is 5.75. The summed E-state index contributed by atoms with van der Waals surface area (Å²) >= 11 is 0. The molecule has 1 aromatic rings. The van der Waals surface area contributed by atoms with Crippen LogP contribution in [0.3, 0.4) is 0 Å². The molecule has 2 rings (SSSR count). The van der Waals surface area contributed by atoms with E-state index in [0.717, 1.165) is 5.76 Å². The van der Waals surface area contributed by atoms with E-state index in [1.165, 1.54) is 0 Å². The van der Waals surface area contributed by atoms with E-state index >= 15 is 0 Å². The van der Waals surface area contributed by atoms with Crippen molar-refractivity contribution in [3.63, 3.8) is 0 Å². The van der Waals surface area contributed by atoms with Crippen molar-refractivity contribution in [3.05, 3.63) is 24.2 Å². The molecule has 0 saturated carbocycles. The molecule has 0 radical (unpaired) electrons. The molecule has 7 heteroatoms. The zero-order valence-corrected chi connectivity index (χ0v) is 11.4. The predicted molar refractivity (Wildman–Crippen MR) is 69.7 cm³/mol. The number of sulfonamides is 1. The topological polar surface area (TPSA) is 93.6 Å². The zero-order valence-electron chi connectivity index (χ0n) is 10.6. The van der Waals surface area contributed by atoms with Crippen molar-refractivity contribution in [2.45, 2.75) is 30.9 Å². The zero-order chi connectivity index (χ0) is 13.9. The first-order chi connectivity index (χ1) is 8.97. The number of hydrogen-bond acceptors (Lipinski definition) is 4. The summed E-state index contributed by atoms with van der Waals surface area (Å²) in [5, 5.41) is 4.51. The highest BCUT2D eigenvalue weighted by molar-refractivity contribution is 7.89. The number of carbonyl (C=O) groups excluding carboxylic acids is 1. The SMILES string of the molecule is NS(=O)(=O)C1CCCN(C(=O)CCc2ccco2)C1. The van der Waals surface area contributed by atoms with Gasteiger partial charge in [0.1, 0.15) is 5.76 Å². The first-order valence-corrected chi connectivity index (χ1v) is 7.89. The minimum atomic E-state index is -3.56. The van der Waals surface area contributed by atoms with Crippen molar-refractivity contribution in [2.75, 3.05) is 13.1 Å². The molecule has 1 saturated heterocycles. The van der Waals surface area contributed by atoms with Crippen LogP contribution in [-0.2, 0) is 21.2 Å². The van der Waals surface area contributed by atoms with Crippen LogP contribution in [0.2, 0.25) is 0 Å². The van der Waals surface area contributed by atoms with Crippen LogP contribution in [0.5, 0.6) is 0 Å². The van der Waals surface area contributed by atoms with Gasteiger partial charge in [-0.2, -0.15) is 0 Å². The highest BCUT2D eigenvalue weighted by atomic mass is 32.2. The molecule has 106 valence electrons. The van der Waals surface area contributed by atoms with E-state index in [9.17, 15) is 13.2 Å². The van der Waals surface area contributed by atoms with Crippen LogP contribution in [0.15, 0.2) is 22.8 Å². The lowest BCUT2D eigenvalue weighted by atomic mass is 10.1. The van der Waals surface area contributed by atoms with Gasteiger partial charge in [-0.05, 0) is 25.0 Å². The summed E-state index contributed by atoms with van der Waals surface area (Å²) in [6, 6.07) is 3.59. The van der Waals surface area contributed by atoms with Crippen LogP contribution < -0.4 is 5.14 Å². The van der Waals surface area contributed by atoms with Crippen molar-refractivity contribution in [2.24, 2.45) is 5.14 Å². The fourth-order valence-corrected chi connectivity index (χ4v) is 3.16. The lowest BCUT2D eigenvalue weighted by molar-refractivity contribution is -0.132. The van der Waals surface area contributed by atoms with Crippen molar-refractivity contribution in [1.29, 1.82) is 0 Å². The Kier molecular flexibility index (Phi) is 4.26. The first-order valence-electron chi connectivity index (χ1n) is 6.28. The monoisotopic (exact) mass is 286 g/mol. The molecule has 1 atom stereocenters. The van der Waals surface area contributed by atoms with Gasteiger partial charge in [0.25, 0.3) is 0 Å². The number of rotatable bonds is 4. The minimum Gasteiger partial charge on any atom is -0.469 e. The van der Waals surface area contributed by atoms with E-state index in [1.54, 1.807) is 17.2 Å². The Morgan fingerprint density at radius 2 is 2.32 bits per heavy atom. The van der Waals surface area contributed by atoms with Gasteiger partial charge in [-0.15, -0.1) is 0 Å². The van der Waals surface area contributed by atoms with Crippen LogP contribution in [0.4, 0.5) is 0 Å². The molecule has 0 aliphatic carbocycles. The molecule has 1 aliphatic rings. The fraction of sp³-hybridized carbons (Fsp3) is 0.583. The van der Waals surface area contributed by atoms with E-state index < -0.39 is 15.3 Å². The molecule has 0 spiro atoms. The highest BCUT2D eigenvalue weighted by Gasteiger charge is 2.30. The Hall–Kier alpha value is -1.34. The first kappa shape index (κ1) is 14.1. The molecule has 1 amide bonds. The number of furan rings is 1. The number of aryl methyl sites for hydroxylation is 1. The molecule has 1 aliphatic heterocycles. The van der Waals surface area contributed by atoms with Crippen molar-refractivity contribution < 1.29 is 17.6 Å². The third-order valence-corrected chi connectivity index (χ3v) is 4.67. The summed E-state index contributed by atoms with van der Waals surface area (Å²) in [5.74, 6) is 0.707. The van der Waals surface area contributed by atoms with E-state index in [1.807, 2.05) is 6.07 Å². The summed E-state index contributed by atoms with van der Waals surface area (Å²) in [5.41, 5.74) is 0. The van der Waals surface area contributed by atoms with E-state index in [2.05, 4.69) is 0 Å². The second-order valence-electron chi connectivity index (χ2n) is 4.77. The summed E-state index contributed by atoms with van der Waals surface area (Å²) in [4.78, 5) is 13.6. The number of primary sulfonamides is 1. The van der Waals surface area contributed by atoms with Gasteiger partial charge < -0.3 is 9.32 Å². The van der Waals surface area contributed by atoms with Gasteiger partial charge in [0.15, 0.2) is 0 Å². The third kappa shape index (κ3) is 3.81. The minimum absolute atomic E-state index is 0.0512. The smallest absolute Gasteiger partial charge is 0.223 e. The number of likely N-dealkylation sites (tertiary alicyclic amines) is 1. The molecule has 19 heavy (non-hydrogen) atoms. The number of nitrogens with zero attached hydrogens (tertiary/aromatic N) is 1. The van der Waals surface area contributed by atoms with Gasteiger partial charge in [0.05, 0.1) is 11.5 Å². The molecule has 0 aromatic carbocycles. The number of carbonyl (C=O) groups is 1. The van der Waals surface area contributed by atoms with Gasteiger partial charge in [0.2, 0.25) is 15.9 Å². The maximum atomic E-state index is 12.0. The van der Waals surface area contributed by atoms with E-state index in [0.29, 0.717) is 32.2 Å². The van der Waals surface area contributed by atoms with Gasteiger partial charge >= 0.3 is 0 Å². The molecule has 6 nitrogen and oxygen atoms in total. The molecule has 1 fully saturated rings. The van der Waals surface area contributed by atoms with Crippen LogP contribution in [0.1, 0.15) is 25.0 Å². The standard InChI is InChI=1S/C12H18N2O4S/c13-19(16,17)11-4-1-7-14(9-11)12(15)6-5-10-3-2-8-18-10/h2-3,8,11H,1,4-7,9H2,(H2,13,16,17). The largest absolute Gasteiger partial charge is 0.469 e. The summed E-state index contributed by atoms with van der Waals surface area (Å²) < 4.78 is 27.8. The van der Waals surface area contributed by atoms with E-state index in [-0.39, 0.29) is 12.5 Å². The summed E-state index contributed by atoms with van der Waals surface area (Å²) in [6.45, 7) is 0.804. The Morgan fingerprint density at radius 1 is 1.53 bits per heavy atom. The van der Waals surface area contributed by atoms with Gasteiger partial charge in [-0.3, -0.25) is 4.79 Å². The molecule has 0 bridgehead atoms. The normalized spacial score (nSPS) is 20.5. The summed E-state index contributed by atoms with van der Waals surface area (Å²) in [7, 11) is -3.56. The number of hydrogen-bond donors (Lipinski definition) is 1. The third-order valence-electron chi connectivity index (χ3n) is 3.36. The Bertz CT molecular complexity index is 524. The molecule has 2 N–H and O–H groups in total. The summed E-state index contributed by atoms with van der Waals surface area (Å²) in [6.07, 6.45) is 3.62. The van der Waals surface area contributed by atoms with Gasteiger partial charge in [-0.25, -0.2) is 13.6 Å². The van der Waals surface area contributed by atoms with Crippen molar-refractivity contribution in [3.8, 4) is 0 Å². The lowest BCUT2D eigenvalue weighted by Crippen LogP contribution is -2.47. The van der Waals surface area contributed by atoms with Gasteiger partial charge in [-0.1, -0.05) is 0 Å². The van der Waals surface area contributed by atoms with Crippen molar-refractivity contribution in [1.82, 2.24) is 4.90 Å². The Morgan fingerprint density at radius 3 is 2.95 bits per heavy atom. The van der Waals surface area contributed by atoms with Crippen LogP contribution in [0, 0.1) is 0 Å². The second-order valence-corrected chi connectivity index (χ2v) is 6.62. The molecular formula is C12H18N2O4S. The number of nitrogens with two attached hydrogens (primary N) is 1. The van der Waals surface area contributed by atoms with Crippen molar-refractivity contribution >= 4 is 15.9 Å². The maximum Gasteiger partial charge on any atom is 0.223 e. The lowest BCUT2D eigenvalue weighted by Gasteiger charge is -2.31. The number of amides is 1. The molecule has 1 unspecified atom stereocenters. The molecule has 2 heterocycles. The van der Waals surface area contributed by atoms with Gasteiger partial charge in [0, 0.05) is 25.9 Å². The van der Waals surface area contributed by atoms with Crippen LogP contribution >= 0.6 is 0 Å². The highest BCUT2D eigenvalue weighted by Crippen LogP contribution is 2.16. The molecule has 1 aromatic heterocycles. The fourth-order valence-electron chi connectivity index (χ4n) is 2.28. The predicted octanol–water partition coefficient (Wildman–Crippen LogP) is 0.492. The van der Waals surface area contributed by atoms with Crippen LogP contribution in [0.25, 0.3) is 0 Å². The Balaban J connectivity index is 1.88.